The lowest BCUT2D eigenvalue weighted by Crippen LogP contribution is -2.47. The highest BCUT2D eigenvalue weighted by molar-refractivity contribution is 7.12. The number of nitrogens with zero attached hydrogens (tertiary/aromatic N) is 2. The number of rotatable bonds is 3. The van der Waals surface area contributed by atoms with E-state index in [4.69, 9.17) is 0 Å². The topological polar surface area (TPSA) is 6.48 Å². The third-order valence-electron chi connectivity index (χ3n) is 6.15. The Labute approximate surface area is 166 Å². The van der Waals surface area contributed by atoms with Crippen molar-refractivity contribution >= 4 is 22.7 Å². The minimum Gasteiger partial charge on any atom is -0.294 e. The summed E-state index contributed by atoms with van der Waals surface area (Å²) in [4.78, 5) is 10.1. The molecule has 4 heterocycles. The van der Waals surface area contributed by atoms with Crippen LogP contribution in [0.4, 0.5) is 0 Å². The van der Waals surface area contributed by atoms with Gasteiger partial charge in [-0.05, 0) is 82.5 Å². The van der Waals surface area contributed by atoms with Gasteiger partial charge in [0.15, 0.2) is 0 Å². The molecule has 4 rings (SSSR count). The van der Waals surface area contributed by atoms with E-state index in [0.717, 1.165) is 13.1 Å². The quantitative estimate of drug-likeness (QED) is 0.700. The van der Waals surface area contributed by atoms with Crippen molar-refractivity contribution in [1.29, 1.82) is 0 Å². The van der Waals surface area contributed by atoms with Crippen LogP contribution in [-0.4, -0.2) is 34.0 Å². The molecule has 2 aliphatic heterocycles. The molecule has 0 unspecified atom stereocenters. The maximum Gasteiger partial charge on any atom is 0.0336 e. The highest BCUT2D eigenvalue weighted by Crippen LogP contribution is 2.35. The zero-order valence-corrected chi connectivity index (χ0v) is 18.5. The number of hydrogen-bond donors (Lipinski definition) is 0. The second-order valence-electron chi connectivity index (χ2n) is 9.53. The first-order chi connectivity index (χ1) is 12.2. The predicted molar refractivity (Wildman–Crippen MR) is 114 cm³/mol. The Bertz CT molecular complexity index is 778. The van der Waals surface area contributed by atoms with Crippen LogP contribution in [0.25, 0.3) is 0 Å². The molecular weight excluding hydrogens is 356 g/mol. The van der Waals surface area contributed by atoms with Crippen LogP contribution in [-0.2, 0) is 32.4 Å². The summed E-state index contributed by atoms with van der Waals surface area (Å²) in [7, 11) is 0. The van der Waals surface area contributed by atoms with Crippen molar-refractivity contribution in [2.75, 3.05) is 13.1 Å². The van der Waals surface area contributed by atoms with Gasteiger partial charge >= 0.3 is 0 Å². The molecule has 0 saturated carbocycles. The van der Waals surface area contributed by atoms with Gasteiger partial charge in [0.05, 0.1) is 0 Å². The lowest BCUT2D eigenvalue weighted by Gasteiger charge is -2.40. The fourth-order valence-corrected chi connectivity index (χ4v) is 6.68. The maximum atomic E-state index is 2.70. The van der Waals surface area contributed by atoms with Crippen molar-refractivity contribution in [1.82, 2.24) is 9.80 Å². The van der Waals surface area contributed by atoms with E-state index in [9.17, 15) is 0 Å². The molecule has 26 heavy (non-hydrogen) atoms. The Hall–Kier alpha value is -0.680. The van der Waals surface area contributed by atoms with Crippen molar-refractivity contribution in [3.8, 4) is 0 Å². The standard InChI is InChI=1S/C22H32N2S2/c1-21(2,3)23-10-7-19-17(14-23)12-18(26-19)13-22(4,5)24-9-6-16-8-11-25-20(16)15-24/h8,11-12H,6-7,9-10,13-15H2,1-5H3. The van der Waals surface area contributed by atoms with E-state index in [0.29, 0.717) is 0 Å². The van der Waals surface area contributed by atoms with Crippen LogP contribution in [0.3, 0.4) is 0 Å². The summed E-state index contributed by atoms with van der Waals surface area (Å²) in [5.41, 5.74) is 3.65. The van der Waals surface area contributed by atoms with Crippen LogP contribution in [0.5, 0.6) is 0 Å². The SMILES string of the molecule is CC(C)(C)N1CCc2sc(CC(C)(C)N3CCc4ccsc4C3)cc2C1. The summed E-state index contributed by atoms with van der Waals surface area (Å²) in [5.74, 6) is 0. The van der Waals surface area contributed by atoms with Crippen molar-refractivity contribution < 1.29 is 0 Å². The number of hydrogen-bond acceptors (Lipinski definition) is 4. The zero-order valence-electron chi connectivity index (χ0n) is 16.9. The van der Waals surface area contributed by atoms with Gasteiger partial charge in [-0.1, -0.05) is 0 Å². The van der Waals surface area contributed by atoms with Crippen molar-refractivity contribution in [2.45, 2.75) is 78.0 Å². The predicted octanol–water partition coefficient (Wildman–Crippen LogP) is 5.35. The first-order valence-electron chi connectivity index (χ1n) is 9.88. The molecule has 0 bridgehead atoms. The average Bonchev–Trinajstić information content (AvgIpc) is 3.17. The van der Waals surface area contributed by atoms with Crippen LogP contribution >= 0.6 is 22.7 Å². The van der Waals surface area contributed by atoms with Gasteiger partial charge in [0.25, 0.3) is 0 Å². The Morgan fingerprint density at radius 1 is 0.923 bits per heavy atom. The smallest absolute Gasteiger partial charge is 0.0336 e. The van der Waals surface area contributed by atoms with Crippen molar-refractivity contribution in [2.24, 2.45) is 0 Å². The summed E-state index contributed by atoms with van der Waals surface area (Å²) >= 11 is 4.01. The molecule has 0 saturated heterocycles. The molecule has 4 heteroatoms. The molecule has 0 amide bonds. The normalized spacial score (nSPS) is 19.4. The molecule has 0 spiro atoms. The molecule has 0 fully saturated rings. The molecule has 0 aliphatic carbocycles. The Kier molecular flexibility index (Phi) is 4.84. The van der Waals surface area contributed by atoms with Gasteiger partial charge in [0, 0.05) is 51.9 Å². The zero-order chi connectivity index (χ0) is 18.5. The van der Waals surface area contributed by atoms with E-state index in [1.165, 1.54) is 32.4 Å². The highest BCUT2D eigenvalue weighted by Gasteiger charge is 2.32. The van der Waals surface area contributed by atoms with Crippen LogP contribution in [0, 0.1) is 0 Å². The maximum absolute atomic E-state index is 2.70. The fourth-order valence-electron chi connectivity index (χ4n) is 4.35. The lowest BCUT2D eigenvalue weighted by atomic mass is 9.93. The van der Waals surface area contributed by atoms with Gasteiger partial charge in [-0.15, -0.1) is 22.7 Å². The van der Waals surface area contributed by atoms with Crippen LogP contribution in [0.15, 0.2) is 17.5 Å². The van der Waals surface area contributed by atoms with E-state index in [2.05, 4.69) is 73.3 Å². The molecular formula is C22H32N2S2. The molecule has 2 aromatic rings. The molecule has 0 atom stereocenters. The van der Waals surface area contributed by atoms with Gasteiger partial charge in [0.1, 0.15) is 0 Å². The van der Waals surface area contributed by atoms with Gasteiger partial charge in [0.2, 0.25) is 0 Å². The van der Waals surface area contributed by atoms with E-state index in [-0.39, 0.29) is 11.1 Å². The number of fused-ring (bicyclic) bond motifs is 2. The van der Waals surface area contributed by atoms with Crippen molar-refractivity contribution in [3.05, 3.63) is 43.3 Å². The van der Waals surface area contributed by atoms with Gasteiger partial charge in [-0.3, -0.25) is 9.80 Å². The van der Waals surface area contributed by atoms with Crippen LogP contribution in [0.2, 0.25) is 0 Å². The van der Waals surface area contributed by atoms with E-state index < -0.39 is 0 Å². The first kappa shape index (κ1) is 18.7. The third-order valence-corrected chi connectivity index (χ3v) is 8.34. The minimum atomic E-state index is 0.221. The van der Waals surface area contributed by atoms with E-state index in [1.807, 2.05) is 11.3 Å². The minimum absolute atomic E-state index is 0.221. The Balaban J connectivity index is 1.47. The molecule has 2 nitrogen and oxygen atoms in total. The number of thiophene rings is 2. The molecule has 0 N–H and O–H groups in total. The van der Waals surface area contributed by atoms with Gasteiger partial charge < -0.3 is 0 Å². The fraction of sp³-hybridized carbons (Fsp3) is 0.636. The summed E-state index contributed by atoms with van der Waals surface area (Å²) in [6, 6.07) is 4.83. The average molecular weight is 389 g/mol. The molecule has 142 valence electrons. The second kappa shape index (κ2) is 6.73. The van der Waals surface area contributed by atoms with Gasteiger partial charge in [-0.2, -0.15) is 0 Å². The van der Waals surface area contributed by atoms with Crippen molar-refractivity contribution in [3.63, 3.8) is 0 Å². The summed E-state index contributed by atoms with van der Waals surface area (Å²) in [6.45, 7) is 16.5. The summed E-state index contributed by atoms with van der Waals surface area (Å²) < 4.78 is 0. The molecule has 0 radical (unpaired) electrons. The highest BCUT2D eigenvalue weighted by atomic mass is 32.1. The second-order valence-corrected chi connectivity index (χ2v) is 11.8. The first-order valence-corrected chi connectivity index (χ1v) is 11.6. The Morgan fingerprint density at radius 2 is 1.69 bits per heavy atom. The largest absolute Gasteiger partial charge is 0.294 e. The van der Waals surface area contributed by atoms with E-state index in [1.54, 1.807) is 25.8 Å². The molecule has 0 aromatic carbocycles. The van der Waals surface area contributed by atoms with E-state index >= 15 is 0 Å². The van der Waals surface area contributed by atoms with Crippen LogP contribution in [0.1, 0.15) is 60.4 Å². The summed E-state index contributed by atoms with van der Waals surface area (Å²) in [5, 5.41) is 2.26. The Morgan fingerprint density at radius 3 is 2.46 bits per heavy atom. The van der Waals surface area contributed by atoms with Gasteiger partial charge in [-0.25, -0.2) is 0 Å². The lowest BCUT2D eigenvalue weighted by molar-refractivity contribution is 0.106. The summed E-state index contributed by atoms with van der Waals surface area (Å²) in [6.07, 6.45) is 3.60. The third kappa shape index (κ3) is 3.66. The van der Waals surface area contributed by atoms with Crippen LogP contribution < -0.4 is 0 Å². The monoisotopic (exact) mass is 388 g/mol. The molecule has 2 aliphatic rings. The molecule has 2 aromatic heterocycles.